The van der Waals surface area contributed by atoms with Crippen LogP contribution in [-0.4, -0.2) is 23.6 Å². The molecular weight excluding hydrogens is 290 g/mol. The number of rotatable bonds is 5. The van der Waals surface area contributed by atoms with Crippen LogP contribution in [0.4, 0.5) is 5.69 Å². The minimum absolute atomic E-state index is 0.107. The Labute approximate surface area is 126 Å². The van der Waals surface area contributed by atoms with E-state index in [1.807, 2.05) is 26.0 Å². The lowest BCUT2D eigenvalue weighted by molar-refractivity contribution is -0.118. The minimum atomic E-state index is -1.06. The van der Waals surface area contributed by atoms with Crippen LogP contribution in [0.15, 0.2) is 29.6 Å². The number of aryl methyl sites for hydroxylation is 1. The van der Waals surface area contributed by atoms with Crippen LogP contribution in [0, 0.1) is 13.8 Å². The van der Waals surface area contributed by atoms with Gasteiger partial charge in [-0.15, -0.1) is 11.3 Å². The van der Waals surface area contributed by atoms with Crippen molar-refractivity contribution < 1.29 is 19.4 Å². The van der Waals surface area contributed by atoms with Gasteiger partial charge in [-0.2, -0.15) is 0 Å². The lowest BCUT2D eigenvalue weighted by atomic mass is 10.1. The van der Waals surface area contributed by atoms with Crippen LogP contribution in [0.25, 0.3) is 0 Å². The summed E-state index contributed by atoms with van der Waals surface area (Å²) in [5, 5.41) is 13.1. The number of benzene rings is 1. The molecule has 2 N–H and O–H groups in total. The van der Waals surface area contributed by atoms with Crippen molar-refractivity contribution in [1.29, 1.82) is 0 Å². The van der Waals surface area contributed by atoms with Gasteiger partial charge in [0.1, 0.15) is 10.6 Å². The summed E-state index contributed by atoms with van der Waals surface area (Å²) in [5.41, 5.74) is 2.35. The van der Waals surface area contributed by atoms with Gasteiger partial charge in [-0.1, -0.05) is 12.1 Å². The molecule has 0 aliphatic rings. The lowest BCUT2D eigenvalue weighted by Gasteiger charge is -2.10. The van der Waals surface area contributed by atoms with Crippen LogP contribution in [0.5, 0.6) is 5.75 Å². The Morgan fingerprint density at radius 2 is 2.05 bits per heavy atom. The molecule has 2 rings (SSSR count). The first-order chi connectivity index (χ1) is 9.99. The van der Waals surface area contributed by atoms with E-state index in [4.69, 9.17) is 9.84 Å². The molecule has 21 heavy (non-hydrogen) atoms. The highest BCUT2D eigenvalue weighted by Gasteiger charge is 2.14. The number of carbonyl (C=O) groups excluding carboxylic acids is 1. The molecule has 0 spiro atoms. The molecule has 0 fully saturated rings. The highest BCUT2D eigenvalue weighted by molar-refractivity contribution is 7.12. The van der Waals surface area contributed by atoms with Gasteiger partial charge in [0.15, 0.2) is 6.61 Å². The third-order valence-electron chi connectivity index (χ3n) is 3.05. The Morgan fingerprint density at radius 1 is 1.29 bits per heavy atom. The second-order valence-corrected chi connectivity index (χ2v) is 5.42. The largest absolute Gasteiger partial charge is 0.483 e. The number of amides is 1. The van der Waals surface area contributed by atoms with E-state index >= 15 is 0 Å². The van der Waals surface area contributed by atoms with Crippen LogP contribution in [0.3, 0.4) is 0 Å². The van der Waals surface area contributed by atoms with Gasteiger partial charge in [-0.25, -0.2) is 4.79 Å². The van der Waals surface area contributed by atoms with Crippen LogP contribution in [0.1, 0.15) is 20.8 Å². The average molecular weight is 305 g/mol. The molecule has 0 unspecified atom stereocenters. The summed E-state index contributed by atoms with van der Waals surface area (Å²) in [7, 11) is 0. The van der Waals surface area contributed by atoms with Crippen molar-refractivity contribution in [2.75, 3.05) is 11.9 Å². The van der Waals surface area contributed by atoms with E-state index in [0.29, 0.717) is 11.4 Å². The number of ether oxygens (including phenoxy) is 1. The molecule has 1 heterocycles. The van der Waals surface area contributed by atoms with Crippen molar-refractivity contribution in [3.8, 4) is 5.75 Å². The number of thiophene rings is 1. The monoisotopic (exact) mass is 305 g/mol. The maximum atomic E-state index is 11.8. The molecular formula is C15H15NO4S. The van der Waals surface area contributed by atoms with Crippen LogP contribution in [0.2, 0.25) is 0 Å². The second-order valence-electron chi connectivity index (χ2n) is 4.50. The number of carboxylic acids is 1. The third-order valence-corrected chi connectivity index (χ3v) is 3.95. The molecule has 110 valence electrons. The van der Waals surface area contributed by atoms with E-state index in [1.54, 1.807) is 17.5 Å². The number of carbonyl (C=O) groups is 2. The van der Waals surface area contributed by atoms with E-state index in [0.717, 1.165) is 22.5 Å². The molecule has 0 saturated carbocycles. The highest BCUT2D eigenvalue weighted by atomic mass is 32.1. The summed E-state index contributed by atoms with van der Waals surface area (Å²) in [4.78, 5) is 22.9. The Balaban J connectivity index is 1.98. The molecule has 0 aliphatic carbocycles. The lowest BCUT2D eigenvalue weighted by Crippen LogP contribution is -2.21. The van der Waals surface area contributed by atoms with Gasteiger partial charge in [0.25, 0.3) is 5.91 Å². The van der Waals surface area contributed by atoms with Crippen LogP contribution in [-0.2, 0) is 4.79 Å². The van der Waals surface area contributed by atoms with Crippen molar-refractivity contribution in [3.63, 3.8) is 0 Å². The molecule has 0 atom stereocenters. The van der Waals surface area contributed by atoms with E-state index in [9.17, 15) is 9.59 Å². The Hall–Kier alpha value is -2.34. The molecule has 0 bridgehead atoms. The molecule has 5 nitrogen and oxygen atoms in total. The quantitative estimate of drug-likeness (QED) is 0.890. The first kappa shape index (κ1) is 15.1. The number of hydrogen-bond acceptors (Lipinski definition) is 4. The van der Waals surface area contributed by atoms with E-state index < -0.39 is 11.9 Å². The summed E-state index contributed by atoms with van der Waals surface area (Å²) >= 11 is 1.06. The topological polar surface area (TPSA) is 75.6 Å². The Morgan fingerprint density at radius 3 is 2.76 bits per heavy atom. The predicted molar refractivity (Wildman–Crippen MR) is 81.3 cm³/mol. The van der Waals surface area contributed by atoms with Gasteiger partial charge in [-0.05, 0) is 42.5 Å². The SMILES string of the molecule is Cc1cccc(OCC(=O)Nc2ccsc2C(=O)O)c1C. The third kappa shape index (κ3) is 3.61. The molecule has 6 heteroatoms. The number of hydrogen-bond donors (Lipinski definition) is 2. The zero-order valence-corrected chi connectivity index (χ0v) is 12.5. The Bertz CT molecular complexity index is 678. The van der Waals surface area contributed by atoms with Crippen molar-refractivity contribution in [3.05, 3.63) is 45.6 Å². The zero-order valence-electron chi connectivity index (χ0n) is 11.7. The van der Waals surface area contributed by atoms with Crippen molar-refractivity contribution in [2.24, 2.45) is 0 Å². The molecule has 1 amide bonds. The summed E-state index contributed by atoms with van der Waals surface area (Å²) in [6.45, 7) is 3.72. The molecule has 0 aliphatic heterocycles. The minimum Gasteiger partial charge on any atom is -0.483 e. The summed E-state index contributed by atoms with van der Waals surface area (Å²) in [6.07, 6.45) is 0. The van der Waals surface area contributed by atoms with E-state index in [-0.39, 0.29) is 11.5 Å². The smallest absolute Gasteiger partial charge is 0.348 e. The van der Waals surface area contributed by atoms with Gasteiger partial charge in [-0.3, -0.25) is 4.79 Å². The molecule has 0 saturated heterocycles. The van der Waals surface area contributed by atoms with Gasteiger partial charge in [0.2, 0.25) is 0 Å². The van der Waals surface area contributed by atoms with Crippen LogP contribution >= 0.6 is 11.3 Å². The van der Waals surface area contributed by atoms with Gasteiger partial charge in [0.05, 0.1) is 5.69 Å². The van der Waals surface area contributed by atoms with Crippen molar-refractivity contribution >= 4 is 28.9 Å². The van der Waals surface area contributed by atoms with Crippen molar-refractivity contribution in [2.45, 2.75) is 13.8 Å². The predicted octanol–water partition coefficient (Wildman–Crippen LogP) is 3.08. The van der Waals surface area contributed by atoms with Crippen LogP contribution < -0.4 is 10.1 Å². The maximum Gasteiger partial charge on any atom is 0.348 e. The molecule has 2 aromatic rings. The number of anilines is 1. The van der Waals surface area contributed by atoms with Gasteiger partial charge >= 0.3 is 5.97 Å². The number of nitrogens with one attached hydrogen (secondary N) is 1. The van der Waals surface area contributed by atoms with E-state index in [1.165, 1.54) is 0 Å². The maximum absolute atomic E-state index is 11.8. The van der Waals surface area contributed by atoms with Gasteiger partial charge in [0, 0.05) is 0 Å². The first-order valence-corrected chi connectivity index (χ1v) is 7.16. The number of carboxylic acid groups (broad SMARTS) is 1. The van der Waals surface area contributed by atoms with Gasteiger partial charge < -0.3 is 15.2 Å². The zero-order chi connectivity index (χ0) is 15.4. The summed E-state index contributed by atoms with van der Waals surface area (Å²) < 4.78 is 5.47. The number of aromatic carboxylic acids is 1. The average Bonchev–Trinajstić information content (AvgIpc) is 2.88. The fraction of sp³-hybridized carbons (Fsp3) is 0.200. The van der Waals surface area contributed by atoms with Crippen molar-refractivity contribution in [1.82, 2.24) is 0 Å². The second kappa shape index (κ2) is 6.41. The normalized spacial score (nSPS) is 10.2. The first-order valence-electron chi connectivity index (χ1n) is 6.28. The molecule has 0 radical (unpaired) electrons. The molecule has 1 aromatic carbocycles. The standard InChI is InChI=1S/C15H15NO4S/c1-9-4-3-5-12(10(9)2)20-8-13(17)16-11-6-7-21-14(11)15(18)19/h3-7H,8H2,1-2H3,(H,16,17)(H,18,19). The Kier molecular flexibility index (Phi) is 4.59. The summed E-state index contributed by atoms with van der Waals surface area (Å²) in [6, 6.07) is 7.18. The highest BCUT2D eigenvalue weighted by Crippen LogP contribution is 2.23. The fourth-order valence-electron chi connectivity index (χ4n) is 1.78. The van der Waals surface area contributed by atoms with E-state index in [2.05, 4.69) is 5.32 Å². The molecule has 1 aromatic heterocycles. The summed E-state index contributed by atoms with van der Waals surface area (Å²) in [5.74, 6) is -0.804. The fourth-order valence-corrected chi connectivity index (χ4v) is 2.47.